The zero-order valence-electron chi connectivity index (χ0n) is 18.6. The number of benzene rings is 1. The predicted molar refractivity (Wildman–Crippen MR) is 120 cm³/mol. The molecule has 6 rings (SSSR count). The van der Waals surface area contributed by atoms with Crippen LogP contribution in [0.4, 0.5) is 0 Å². The molecule has 0 saturated heterocycles. The van der Waals surface area contributed by atoms with Gasteiger partial charge >= 0.3 is 5.97 Å². The fourth-order valence-electron chi connectivity index (χ4n) is 7.74. The summed E-state index contributed by atoms with van der Waals surface area (Å²) in [7, 11) is 2.26. The molecule has 1 unspecified atom stereocenters. The Labute approximate surface area is 187 Å². The second-order valence-corrected chi connectivity index (χ2v) is 11.1. The highest BCUT2D eigenvalue weighted by molar-refractivity contribution is 5.87. The van der Waals surface area contributed by atoms with E-state index < -0.39 is 11.5 Å². The van der Waals surface area contributed by atoms with Crippen LogP contribution < -0.4 is 5.56 Å². The van der Waals surface area contributed by atoms with Gasteiger partial charge in [-0.25, -0.2) is 4.79 Å². The minimum absolute atomic E-state index is 0.0935. The number of nitrogens with one attached hydrogen (secondary N) is 1. The number of aromatic amines is 1. The number of fused-ring (bicyclic) bond motifs is 3. The zero-order valence-corrected chi connectivity index (χ0v) is 18.6. The Bertz CT molecular complexity index is 1200. The van der Waals surface area contributed by atoms with Gasteiger partial charge in [0.15, 0.2) is 0 Å². The molecule has 4 atom stereocenters. The van der Waals surface area contributed by atoms with Crippen molar-refractivity contribution in [1.82, 2.24) is 9.88 Å². The van der Waals surface area contributed by atoms with E-state index >= 15 is 0 Å². The Morgan fingerprint density at radius 1 is 1.22 bits per heavy atom. The van der Waals surface area contributed by atoms with Gasteiger partial charge < -0.3 is 20.1 Å². The number of hydrogen-bond donors (Lipinski definition) is 3. The summed E-state index contributed by atoms with van der Waals surface area (Å²) in [4.78, 5) is 29.6. The number of carboxylic acids is 1. The van der Waals surface area contributed by atoms with Crippen molar-refractivity contribution >= 4 is 5.97 Å². The molecule has 0 aliphatic heterocycles. The van der Waals surface area contributed by atoms with Crippen LogP contribution in [-0.4, -0.2) is 45.7 Å². The quantitative estimate of drug-likeness (QED) is 0.688. The molecule has 1 heterocycles. The summed E-state index contributed by atoms with van der Waals surface area (Å²) in [6, 6.07) is 7.79. The molecule has 4 aliphatic carbocycles. The lowest BCUT2D eigenvalue weighted by molar-refractivity contribution is 0.0694. The first-order chi connectivity index (χ1) is 15.2. The van der Waals surface area contributed by atoms with Crippen molar-refractivity contribution in [3.8, 4) is 5.75 Å². The molecule has 2 bridgehead atoms. The standard InChI is InChI=1S/C26H30N2O4/c1-25-10-15-5-6-17(29)9-19(15)26(13-25)11-21-16(7-18(24(31)32)23(30)27-21)8-20(26)22(25)28(2)12-14-3-4-14/h5-7,9,14,20,22,29H,3-4,8,10-13H2,1-2H3,(H,27,30)(H,31,32)/t20-,22-,25?,26-/m0/s1. The number of phenolic OH excluding ortho intramolecular Hbond substituents is 1. The van der Waals surface area contributed by atoms with Gasteiger partial charge in [-0.15, -0.1) is 0 Å². The number of carbonyl (C=O) groups is 1. The van der Waals surface area contributed by atoms with Crippen molar-refractivity contribution in [3.05, 3.63) is 62.6 Å². The Hall–Kier alpha value is -2.60. The first-order valence-electron chi connectivity index (χ1n) is 11.7. The summed E-state index contributed by atoms with van der Waals surface area (Å²) in [5.41, 5.74) is 3.57. The summed E-state index contributed by atoms with van der Waals surface area (Å²) < 4.78 is 0. The van der Waals surface area contributed by atoms with Crippen LogP contribution in [0.3, 0.4) is 0 Å². The maximum Gasteiger partial charge on any atom is 0.341 e. The Morgan fingerprint density at radius 3 is 2.72 bits per heavy atom. The average Bonchev–Trinajstić information content (AvgIpc) is 3.49. The third-order valence-electron chi connectivity index (χ3n) is 8.84. The van der Waals surface area contributed by atoms with Crippen molar-refractivity contribution < 1.29 is 15.0 Å². The van der Waals surface area contributed by atoms with E-state index in [-0.39, 0.29) is 22.1 Å². The summed E-state index contributed by atoms with van der Waals surface area (Å²) >= 11 is 0. The predicted octanol–water partition coefficient (Wildman–Crippen LogP) is 3.11. The largest absolute Gasteiger partial charge is 0.508 e. The number of rotatable bonds is 4. The molecule has 0 radical (unpaired) electrons. The zero-order chi connectivity index (χ0) is 22.4. The first kappa shape index (κ1) is 20.0. The lowest BCUT2D eigenvalue weighted by Gasteiger charge is -2.44. The maximum absolute atomic E-state index is 12.5. The molecule has 0 amide bonds. The Kier molecular flexibility index (Phi) is 4.05. The van der Waals surface area contributed by atoms with Crippen molar-refractivity contribution in [1.29, 1.82) is 0 Å². The normalized spacial score (nSPS) is 32.3. The van der Waals surface area contributed by atoms with Gasteiger partial charge in [-0.1, -0.05) is 13.0 Å². The summed E-state index contributed by atoms with van der Waals surface area (Å²) in [5.74, 6) is 0.205. The van der Waals surface area contributed by atoms with E-state index in [9.17, 15) is 19.8 Å². The fraction of sp³-hybridized carbons (Fsp3) is 0.538. The van der Waals surface area contributed by atoms with E-state index in [1.54, 1.807) is 12.1 Å². The number of aromatic carboxylic acids is 1. The van der Waals surface area contributed by atoms with Gasteiger partial charge in [0.1, 0.15) is 11.3 Å². The van der Waals surface area contributed by atoms with Crippen LogP contribution >= 0.6 is 0 Å². The molecule has 2 saturated carbocycles. The number of nitrogens with zero attached hydrogens (tertiary/aromatic N) is 1. The van der Waals surface area contributed by atoms with E-state index in [0.29, 0.717) is 18.4 Å². The number of carboxylic acid groups (broad SMARTS) is 1. The molecule has 2 aromatic rings. The Balaban J connectivity index is 1.53. The number of aromatic nitrogens is 1. The lowest BCUT2D eigenvalue weighted by Crippen LogP contribution is -2.49. The molecule has 2 fully saturated rings. The SMILES string of the molecule is CN(CC1CC1)[C@H]1[C@@H]2Cc3cc(C(=O)O)c(=O)[nH]c3C[C@@]23CC1(C)Cc1ccc(O)cc13. The van der Waals surface area contributed by atoms with Crippen LogP contribution in [-0.2, 0) is 24.7 Å². The third-order valence-corrected chi connectivity index (χ3v) is 8.84. The highest BCUT2D eigenvalue weighted by Crippen LogP contribution is 2.65. The Morgan fingerprint density at radius 2 is 2.00 bits per heavy atom. The number of phenols is 1. The molecule has 6 heteroatoms. The number of aromatic hydroxyl groups is 1. The fourth-order valence-corrected chi connectivity index (χ4v) is 7.74. The molecular weight excluding hydrogens is 404 g/mol. The molecule has 1 aromatic carbocycles. The van der Waals surface area contributed by atoms with Gasteiger partial charge in [0.25, 0.3) is 5.56 Å². The van der Waals surface area contributed by atoms with Crippen molar-refractivity contribution in [2.45, 2.75) is 56.9 Å². The number of hydrogen-bond acceptors (Lipinski definition) is 4. The minimum Gasteiger partial charge on any atom is -0.508 e. The van der Waals surface area contributed by atoms with Crippen molar-refractivity contribution in [3.63, 3.8) is 0 Å². The molecule has 3 N–H and O–H groups in total. The summed E-state index contributed by atoms with van der Waals surface area (Å²) in [6.07, 6.45) is 6.04. The second kappa shape index (κ2) is 6.47. The highest BCUT2D eigenvalue weighted by atomic mass is 16.4. The summed E-state index contributed by atoms with van der Waals surface area (Å²) in [6.45, 7) is 3.51. The van der Waals surface area contributed by atoms with Gasteiger partial charge in [0.05, 0.1) is 0 Å². The van der Waals surface area contributed by atoms with Crippen molar-refractivity contribution in [2.75, 3.05) is 13.6 Å². The molecule has 32 heavy (non-hydrogen) atoms. The van der Waals surface area contributed by atoms with Gasteiger partial charge in [0.2, 0.25) is 0 Å². The smallest absolute Gasteiger partial charge is 0.341 e. The first-order valence-corrected chi connectivity index (χ1v) is 11.7. The van der Waals surface area contributed by atoms with E-state index in [0.717, 1.165) is 43.0 Å². The van der Waals surface area contributed by atoms with E-state index in [1.807, 2.05) is 6.07 Å². The minimum atomic E-state index is -1.18. The molecule has 6 nitrogen and oxygen atoms in total. The van der Waals surface area contributed by atoms with Crippen LogP contribution in [0, 0.1) is 17.3 Å². The van der Waals surface area contributed by atoms with Crippen LogP contribution in [0.25, 0.3) is 0 Å². The van der Waals surface area contributed by atoms with E-state index in [2.05, 4.69) is 29.9 Å². The maximum atomic E-state index is 12.5. The van der Waals surface area contributed by atoms with Crippen LogP contribution in [0.1, 0.15) is 58.9 Å². The van der Waals surface area contributed by atoms with E-state index in [4.69, 9.17) is 0 Å². The molecule has 1 aromatic heterocycles. The van der Waals surface area contributed by atoms with Crippen LogP contribution in [0.2, 0.25) is 0 Å². The average molecular weight is 435 g/mol. The number of pyridine rings is 1. The monoisotopic (exact) mass is 434 g/mol. The van der Waals surface area contributed by atoms with Gasteiger partial charge in [-0.2, -0.15) is 0 Å². The third kappa shape index (κ3) is 2.75. The highest BCUT2D eigenvalue weighted by Gasteiger charge is 2.64. The van der Waals surface area contributed by atoms with Crippen molar-refractivity contribution in [2.24, 2.45) is 17.3 Å². The van der Waals surface area contributed by atoms with Crippen LogP contribution in [0.15, 0.2) is 29.1 Å². The topological polar surface area (TPSA) is 93.6 Å². The second-order valence-electron chi connectivity index (χ2n) is 11.1. The van der Waals surface area contributed by atoms with Gasteiger partial charge in [-0.05, 0) is 97.7 Å². The number of H-pyrrole nitrogens is 1. The lowest BCUT2D eigenvalue weighted by atomic mass is 9.60. The van der Waals surface area contributed by atoms with Gasteiger partial charge in [0, 0.05) is 23.7 Å². The molecular formula is C26H30N2O4. The van der Waals surface area contributed by atoms with Crippen LogP contribution in [0.5, 0.6) is 5.75 Å². The summed E-state index contributed by atoms with van der Waals surface area (Å²) in [5, 5.41) is 19.9. The molecule has 1 spiro atoms. The van der Waals surface area contributed by atoms with Gasteiger partial charge in [-0.3, -0.25) is 4.79 Å². The molecule has 4 aliphatic rings. The van der Waals surface area contributed by atoms with E-state index in [1.165, 1.54) is 24.0 Å². The molecule has 168 valence electrons.